The highest BCUT2D eigenvalue weighted by molar-refractivity contribution is 7.99. The summed E-state index contributed by atoms with van der Waals surface area (Å²) in [4.78, 5) is 37.3. The third-order valence-electron chi connectivity index (χ3n) is 7.98. The van der Waals surface area contributed by atoms with E-state index in [2.05, 4.69) is 16.0 Å². The standard InChI is InChI=1S/C38H42N4O6S/c1-25(44)40-29-18-20-32(21-19-29)49-24-31-22-35(27-12-10-26(23-43)11-13-27)48-38(47-31)28-14-16-30(17-15-28)41-36(45)8-4-5-9-37(46)42-34-7-3-2-6-33(34)39/h2-3,6-7,10-21,31,35,38,43H,4-5,8-9,22-24,39H2,1H3,(H,40,44)(H,41,45)(H,42,46)/t31-,35+,38+/m0/s1. The zero-order chi connectivity index (χ0) is 34.6. The number of unbranched alkanes of at least 4 members (excludes halogenated alkanes) is 1. The van der Waals surface area contributed by atoms with Crippen LogP contribution in [0.4, 0.5) is 22.7 Å². The van der Waals surface area contributed by atoms with Gasteiger partial charge in [0.2, 0.25) is 17.7 Å². The average molecular weight is 683 g/mol. The van der Waals surface area contributed by atoms with Crippen molar-refractivity contribution in [3.05, 3.63) is 114 Å². The second kappa shape index (κ2) is 17.6. The lowest BCUT2D eigenvalue weighted by molar-refractivity contribution is -0.245. The van der Waals surface area contributed by atoms with E-state index in [-0.39, 0.29) is 36.5 Å². The van der Waals surface area contributed by atoms with E-state index >= 15 is 0 Å². The number of amides is 3. The Bertz CT molecular complexity index is 1700. The van der Waals surface area contributed by atoms with Crippen LogP contribution in [0.5, 0.6) is 0 Å². The lowest BCUT2D eigenvalue weighted by Crippen LogP contribution is -2.31. The van der Waals surface area contributed by atoms with Crippen LogP contribution in [-0.2, 0) is 30.5 Å². The molecule has 0 aromatic heterocycles. The van der Waals surface area contributed by atoms with Gasteiger partial charge in [-0.25, -0.2) is 0 Å². The summed E-state index contributed by atoms with van der Waals surface area (Å²) in [6.45, 7) is 1.46. The number of thioether (sulfide) groups is 1. The number of aliphatic hydroxyl groups excluding tert-OH is 1. The molecule has 49 heavy (non-hydrogen) atoms. The van der Waals surface area contributed by atoms with E-state index in [1.165, 1.54) is 6.92 Å². The normalized spacial score (nSPS) is 17.2. The fraction of sp³-hybridized carbons (Fsp3) is 0.289. The van der Waals surface area contributed by atoms with E-state index < -0.39 is 6.29 Å². The molecular weight excluding hydrogens is 641 g/mol. The fourth-order valence-electron chi connectivity index (χ4n) is 5.39. The van der Waals surface area contributed by atoms with Gasteiger partial charge in [0.15, 0.2) is 6.29 Å². The first-order chi connectivity index (χ1) is 23.7. The third kappa shape index (κ3) is 10.9. The minimum absolute atomic E-state index is 0.0255. The number of nitrogen functional groups attached to an aromatic ring is 1. The van der Waals surface area contributed by atoms with E-state index in [1.807, 2.05) is 84.9 Å². The van der Waals surface area contributed by atoms with Crippen molar-refractivity contribution in [1.29, 1.82) is 0 Å². The van der Waals surface area contributed by atoms with Crippen LogP contribution in [0.1, 0.15) is 68.1 Å². The highest BCUT2D eigenvalue weighted by Gasteiger charge is 2.32. The van der Waals surface area contributed by atoms with Crippen LogP contribution in [0.25, 0.3) is 0 Å². The maximum atomic E-state index is 12.6. The smallest absolute Gasteiger partial charge is 0.224 e. The van der Waals surface area contributed by atoms with E-state index in [4.69, 9.17) is 15.2 Å². The van der Waals surface area contributed by atoms with Gasteiger partial charge in [0, 0.05) is 53.8 Å². The number of anilines is 4. The number of hydrogen-bond donors (Lipinski definition) is 5. The first-order valence-corrected chi connectivity index (χ1v) is 17.3. The summed E-state index contributed by atoms with van der Waals surface area (Å²) in [6, 6.07) is 30.0. The third-order valence-corrected chi connectivity index (χ3v) is 9.13. The first-order valence-electron chi connectivity index (χ1n) is 16.3. The molecule has 1 aliphatic heterocycles. The lowest BCUT2D eigenvalue weighted by Gasteiger charge is -2.36. The fourth-order valence-corrected chi connectivity index (χ4v) is 6.31. The molecule has 4 aromatic carbocycles. The molecule has 1 heterocycles. The summed E-state index contributed by atoms with van der Waals surface area (Å²) in [7, 11) is 0. The summed E-state index contributed by atoms with van der Waals surface area (Å²) in [5, 5.41) is 18.0. The molecule has 1 fully saturated rings. The summed E-state index contributed by atoms with van der Waals surface area (Å²) in [5.74, 6) is 0.323. The molecule has 0 aliphatic carbocycles. The predicted molar refractivity (Wildman–Crippen MR) is 193 cm³/mol. The van der Waals surface area contributed by atoms with Crippen molar-refractivity contribution < 1.29 is 29.0 Å². The maximum absolute atomic E-state index is 12.6. The van der Waals surface area contributed by atoms with Crippen molar-refractivity contribution >= 4 is 52.2 Å². The van der Waals surface area contributed by atoms with Crippen LogP contribution in [0, 0.1) is 0 Å². The number of benzene rings is 4. The van der Waals surface area contributed by atoms with Crippen molar-refractivity contribution in [3.63, 3.8) is 0 Å². The van der Waals surface area contributed by atoms with Crippen molar-refractivity contribution in [2.75, 3.05) is 27.4 Å². The Morgan fingerprint density at radius 3 is 2.04 bits per heavy atom. The molecule has 3 atom stereocenters. The quantitative estimate of drug-likeness (QED) is 0.0532. The highest BCUT2D eigenvalue weighted by atomic mass is 32.2. The number of carbonyl (C=O) groups excluding carboxylic acids is 3. The van der Waals surface area contributed by atoms with Crippen LogP contribution in [0.2, 0.25) is 0 Å². The average Bonchev–Trinajstić information content (AvgIpc) is 3.11. The zero-order valence-corrected chi connectivity index (χ0v) is 28.2. The van der Waals surface area contributed by atoms with Gasteiger partial charge in [-0.15, -0.1) is 11.8 Å². The summed E-state index contributed by atoms with van der Waals surface area (Å²) in [5.41, 5.74) is 11.1. The first kappa shape index (κ1) is 35.6. The minimum Gasteiger partial charge on any atom is -0.397 e. The van der Waals surface area contributed by atoms with Gasteiger partial charge in [-0.3, -0.25) is 14.4 Å². The SMILES string of the molecule is CC(=O)Nc1ccc(SC[C@@H]2C[C@H](c3ccc(CO)cc3)O[C@H](c3ccc(NC(=O)CCCCC(=O)Nc4ccccc4N)cc3)O2)cc1. The number of carbonyl (C=O) groups is 3. The molecule has 0 saturated carbocycles. The number of rotatable bonds is 14. The molecule has 1 saturated heterocycles. The van der Waals surface area contributed by atoms with Crippen LogP contribution < -0.4 is 21.7 Å². The van der Waals surface area contributed by atoms with Gasteiger partial charge in [0.05, 0.1) is 30.2 Å². The second-order valence-electron chi connectivity index (χ2n) is 11.9. The Morgan fingerprint density at radius 2 is 1.39 bits per heavy atom. The number of nitrogens with one attached hydrogen (secondary N) is 3. The van der Waals surface area contributed by atoms with Gasteiger partial charge in [0.1, 0.15) is 0 Å². The van der Waals surface area contributed by atoms with Crippen LogP contribution in [0.15, 0.2) is 102 Å². The van der Waals surface area contributed by atoms with Gasteiger partial charge in [-0.2, -0.15) is 0 Å². The van der Waals surface area contributed by atoms with E-state index in [9.17, 15) is 19.5 Å². The van der Waals surface area contributed by atoms with Crippen molar-refractivity contribution in [2.24, 2.45) is 0 Å². The van der Waals surface area contributed by atoms with Crippen LogP contribution >= 0.6 is 11.8 Å². The molecule has 256 valence electrons. The Hall–Kier alpha value is -4.68. The number of ether oxygens (including phenoxy) is 2. The number of hydrogen-bond acceptors (Lipinski definition) is 8. The molecule has 3 amide bonds. The van der Waals surface area contributed by atoms with Crippen LogP contribution in [0.3, 0.4) is 0 Å². The molecular formula is C38H42N4O6S. The molecule has 4 aromatic rings. The molecule has 11 heteroatoms. The van der Waals surface area contributed by atoms with Gasteiger partial charge >= 0.3 is 0 Å². The van der Waals surface area contributed by atoms with Crippen molar-refractivity contribution in [3.8, 4) is 0 Å². The molecule has 0 bridgehead atoms. The molecule has 0 radical (unpaired) electrons. The topological polar surface area (TPSA) is 152 Å². The Balaban J connectivity index is 1.14. The molecule has 6 N–H and O–H groups in total. The minimum atomic E-state index is -0.619. The molecule has 10 nitrogen and oxygen atoms in total. The highest BCUT2D eigenvalue weighted by Crippen LogP contribution is 2.39. The summed E-state index contributed by atoms with van der Waals surface area (Å²) < 4.78 is 12.9. The van der Waals surface area contributed by atoms with E-state index in [0.717, 1.165) is 27.3 Å². The van der Waals surface area contributed by atoms with E-state index in [1.54, 1.807) is 23.9 Å². The zero-order valence-electron chi connectivity index (χ0n) is 27.4. The van der Waals surface area contributed by atoms with Gasteiger partial charge in [-0.1, -0.05) is 48.5 Å². The number of para-hydroxylation sites is 2. The monoisotopic (exact) mass is 682 g/mol. The number of nitrogens with two attached hydrogens (primary N) is 1. The summed E-state index contributed by atoms with van der Waals surface area (Å²) in [6.07, 6.45) is 1.45. The molecule has 0 spiro atoms. The van der Waals surface area contributed by atoms with Gasteiger partial charge < -0.3 is 36.3 Å². The Labute approximate surface area is 290 Å². The summed E-state index contributed by atoms with van der Waals surface area (Å²) >= 11 is 1.67. The molecule has 0 unspecified atom stereocenters. The second-order valence-corrected chi connectivity index (χ2v) is 13.0. The molecule has 5 rings (SSSR count). The van der Waals surface area contributed by atoms with Crippen molar-refractivity contribution in [2.45, 2.75) is 69.0 Å². The maximum Gasteiger partial charge on any atom is 0.224 e. The lowest BCUT2D eigenvalue weighted by atomic mass is 10.0. The van der Waals surface area contributed by atoms with Gasteiger partial charge in [-0.05, 0) is 72.5 Å². The largest absolute Gasteiger partial charge is 0.397 e. The van der Waals surface area contributed by atoms with Crippen molar-refractivity contribution in [1.82, 2.24) is 0 Å². The van der Waals surface area contributed by atoms with Gasteiger partial charge in [0.25, 0.3) is 0 Å². The predicted octanol–water partition coefficient (Wildman–Crippen LogP) is 7.19. The Morgan fingerprint density at radius 1 is 0.776 bits per heavy atom. The van der Waals surface area contributed by atoms with E-state index in [0.29, 0.717) is 54.9 Å². The number of aliphatic hydroxyl groups is 1. The molecule has 1 aliphatic rings. The Kier molecular flexibility index (Phi) is 12.8. The van der Waals surface area contributed by atoms with Crippen LogP contribution in [-0.4, -0.2) is 34.7 Å².